The molecule has 0 aliphatic carbocycles. The number of carbonyl (C=O) groups excluding carboxylic acids is 2. The largest absolute Gasteiger partial charge is 0.465 e. The topological polar surface area (TPSA) is 88.4 Å². The summed E-state index contributed by atoms with van der Waals surface area (Å²) in [5.41, 5.74) is 1.07. The summed E-state index contributed by atoms with van der Waals surface area (Å²) in [5.74, 6) is -0.865. The minimum absolute atomic E-state index is 0.00816. The first-order valence-corrected chi connectivity index (χ1v) is 7.34. The fraction of sp³-hybridized carbons (Fsp3) is 0.353. The summed E-state index contributed by atoms with van der Waals surface area (Å²) in [6.07, 6.45) is 3.42. The molecular formula is C17H18N2O4. The molecule has 1 aromatic rings. The maximum absolute atomic E-state index is 12.0. The van der Waals surface area contributed by atoms with E-state index in [2.05, 4.69) is 10.1 Å². The fourth-order valence-corrected chi connectivity index (χ4v) is 2.26. The van der Waals surface area contributed by atoms with Crippen molar-refractivity contribution in [3.63, 3.8) is 0 Å². The first-order valence-electron chi connectivity index (χ1n) is 7.34. The lowest BCUT2D eigenvalue weighted by Gasteiger charge is -2.10. The molecule has 0 aromatic heterocycles. The summed E-state index contributed by atoms with van der Waals surface area (Å²) in [7, 11) is 1.31. The zero-order valence-corrected chi connectivity index (χ0v) is 12.9. The SMILES string of the molecule is COC(=O)c1ccc(/C=C(/C#N)C(=O)NC[C@H]2CCCO2)cc1. The van der Waals surface area contributed by atoms with Crippen LogP contribution in [0.1, 0.15) is 28.8 Å². The number of ether oxygens (including phenoxy) is 2. The Morgan fingerprint density at radius 1 is 1.43 bits per heavy atom. The number of hydrogen-bond acceptors (Lipinski definition) is 5. The summed E-state index contributed by atoms with van der Waals surface area (Å²) in [6.45, 7) is 1.12. The number of carbonyl (C=O) groups is 2. The van der Waals surface area contributed by atoms with E-state index in [1.54, 1.807) is 24.3 Å². The van der Waals surface area contributed by atoms with Crippen LogP contribution in [0.2, 0.25) is 0 Å². The van der Waals surface area contributed by atoms with Crippen molar-refractivity contribution >= 4 is 18.0 Å². The number of nitrogens with one attached hydrogen (secondary N) is 1. The van der Waals surface area contributed by atoms with Crippen molar-refractivity contribution in [3.05, 3.63) is 41.0 Å². The molecule has 0 spiro atoms. The van der Waals surface area contributed by atoms with Gasteiger partial charge in [0, 0.05) is 13.2 Å². The third kappa shape index (κ3) is 4.66. The van der Waals surface area contributed by atoms with E-state index in [0.29, 0.717) is 24.3 Å². The molecule has 0 bridgehead atoms. The average molecular weight is 314 g/mol. The molecular weight excluding hydrogens is 296 g/mol. The van der Waals surface area contributed by atoms with E-state index < -0.39 is 11.9 Å². The zero-order chi connectivity index (χ0) is 16.7. The Labute approximate surface area is 134 Å². The van der Waals surface area contributed by atoms with Crippen molar-refractivity contribution in [1.82, 2.24) is 5.32 Å². The highest BCUT2D eigenvalue weighted by molar-refractivity contribution is 6.01. The second kappa shape index (κ2) is 8.11. The highest BCUT2D eigenvalue weighted by atomic mass is 16.5. The van der Waals surface area contributed by atoms with E-state index in [4.69, 9.17) is 10.00 Å². The Hall–Kier alpha value is -2.65. The predicted molar refractivity (Wildman–Crippen MR) is 83.4 cm³/mol. The van der Waals surface area contributed by atoms with Crippen LogP contribution in [0.25, 0.3) is 6.08 Å². The van der Waals surface area contributed by atoms with E-state index in [1.165, 1.54) is 13.2 Å². The van der Waals surface area contributed by atoms with E-state index in [1.807, 2.05) is 6.07 Å². The van der Waals surface area contributed by atoms with Crippen LogP contribution in [-0.4, -0.2) is 38.2 Å². The van der Waals surface area contributed by atoms with Gasteiger partial charge in [-0.05, 0) is 36.6 Å². The molecule has 0 radical (unpaired) electrons. The Morgan fingerprint density at radius 2 is 2.17 bits per heavy atom. The highest BCUT2D eigenvalue weighted by Gasteiger charge is 2.17. The lowest BCUT2D eigenvalue weighted by molar-refractivity contribution is -0.117. The first-order chi connectivity index (χ1) is 11.1. The molecule has 1 saturated heterocycles. The Balaban J connectivity index is 2.01. The third-order valence-corrected chi connectivity index (χ3v) is 3.52. The molecule has 6 nitrogen and oxygen atoms in total. The van der Waals surface area contributed by atoms with E-state index in [9.17, 15) is 9.59 Å². The number of amides is 1. The molecule has 1 fully saturated rings. The molecule has 0 unspecified atom stereocenters. The Bertz CT molecular complexity index is 638. The van der Waals surface area contributed by atoms with E-state index in [0.717, 1.165) is 12.8 Å². The molecule has 2 rings (SSSR count). The lowest BCUT2D eigenvalue weighted by atomic mass is 10.1. The summed E-state index contributed by atoms with van der Waals surface area (Å²) in [6, 6.07) is 8.35. The molecule has 1 aliphatic heterocycles. The van der Waals surface area contributed by atoms with Crippen molar-refractivity contribution in [2.75, 3.05) is 20.3 Å². The van der Waals surface area contributed by atoms with Crippen molar-refractivity contribution in [2.45, 2.75) is 18.9 Å². The number of rotatable bonds is 5. The van der Waals surface area contributed by atoms with Gasteiger partial charge in [-0.2, -0.15) is 5.26 Å². The van der Waals surface area contributed by atoms with Gasteiger partial charge in [0.25, 0.3) is 5.91 Å². The van der Waals surface area contributed by atoms with Crippen LogP contribution in [-0.2, 0) is 14.3 Å². The van der Waals surface area contributed by atoms with E-state index in [-0.39, 0.29) is 11.7 Å². The van der Waals surface area contributed by atoms with Crippen LogP contribution >= 0.6 is 0 Å². The van der Waals surface area contributed by atoms with Gasteiger partial charge in [-0.1, -0.05) is 12.1 Å². The van der Waals surface area contributed by atoms with Crippen LogP contribution in [0.5, 0.6) is 0 Å². The van der Waals surface area contributed by atoms with Gasteiger partial charge in [0.2, 0.25) is 0 Å². The number of nitriles is 1. The second-order valence-electron chi connectivity index (χ2n) is 5.13. The number of nitrogens with zero attached hydrogens (tertiary/aromatic N) is 1. The molecule has 1 aliphatic rings. The van der Waals surface area contributed by atoms with Gasteiger partial charge in [-0.15, -0.1) is 0 Å². The maximum Gasteiger partial charge on any atom is 0.337 e. The number of benzene rings is 1. The average Bonchev–Trinajstić information content (AvgIpc) is 3.11. The first kappa shape index (κ1) is 16.7. The number of esters is 1. The summed E-state index contributed by atoms with van der Waals surface area (Å²) >= 11 is 0. The van der Waals surface area contributed by atoms with Crippen LogP contribution in [0, 0.1) is 11.3 Å². The molecule has 1 N–H and O–H groups in total. The Morgan fingerprint density at radius 3 is 2.74 bits per heavy atom. The molecule has 6 heteroatoms. The third-order valence-electron chi connectivity index (χ3n) is 3.52. The van der Waals surface area contributed by atoms with E-state index >= 15 is 0 Å². The van der Waals surface area contributed by atoms with Crippen LogP contribution in [0.3, 0.4) is 0 Å². The lowest BCUT2D eigenvalue weighted by Crippen LogP contribution is -2.32. The maximum atomic E-state index is 12.0. The quantitative estimate of drug-likeness (QED) is 0.507. The second-order valence-corrected chi connectivity index (χ2v) is 5.13. The van der Waals surface area contributed by atoms with Gasteiger partial charge in [0.05, 0.1) is 18.8 Å². The fourth-order valence-electron chi connectivity index (χ4n) is 2.26. The van der Waals surface area contributed by atoms with Crippen LogP contribution in [0.4, 0.5) is 0 Å². The van der Waals surface area contributed by atoms with Crippen molar-refractivity contribution < 1.29 is 19.1 Å². The summed E-state index contributed by atoms with van der Waals surface area (Å²) in [4.78, 5) is 23.4. The summed E-state index contributed by atoms with van der Waals surface area (Å²) < 4.78 is 10.0. The van der Waals surface area contributed by atoms with Crippen LogP contribution in [0.15, 0.2) is 29.8 Å². The number of methoxy groups -OCH3 is 1. The number of hydrogen-bond donors (Lipinski definition) is 1. The van der Waals surface area contributed by atoms with Crippen molar-refractivity contribution in [2.24, 2.45) is 0 Å². The van der Waals surface area contributed by atoms with Gasteiger partial charge in [0.15, 0.2) is 0 Å². The van der Waals surface area contributed by atoms with Gasteiger partial charge in [0.1, 0.15) is 11.6 Å². The van der Waals surface area contributed by atoms with Crippen LogP contribution < -0.4 is 5.32 Å². The molecule has 1 atom stereocenters. The molecule has 0 saturated carbocycles. The molecule has 23 heavy (non-hydrogen) atoms. The predicted octanol–water partition coefficient (Wildman–Crippen LogP) is 1.68. The van der Waals surface area contributed by atoms with Gasteiger partial charge in [-0.3, -0.25) is 4.79 Å². The standard InChI is InChI=1S/C17H18N2O4/c1-22-17(21)13-6-4-12(5-7-13)9-14(10-18)16(20)19-11-15-3-2-8-23-15/h4-7,9,15H,2-3,8,11H2,1H3,(H,19,20)/b14-9-/t15-/m1/s1. The van der Waals surface area contributed by atoms with Crippen molar-refractivity contribution in [3.8, 4) is 6.07 Å². The van der Waals surface area contributed by atoms with Gasteiger partial charge >= 0.3 is 5.97 Å². The molecule has 120 valence electrons. The van der Waals surface area contributed by atoms with Gasteiger partial charge in [-0.25, -0.2) is 4.79 Å². The van der Waals surface area contributed by atoms with Crippen molar-refractivity contribution in [1.29, 1.82) is 5.26 Å². The minimum atomic E-state index is -0.435. The Kier molecular flexibility index (Phi) is 5.89. The molecule has 1 amide bonds. The normalized spacial score (nSPS) is 17.4. The minimum Gasteiger partial charge on any atom is -0.465 e. The molecule has 1 aromatic carbocycles. The smallest absolute Gasteiger partial charge is 0.337 e. The zero-order valence-electron chi connectivity index (χ0n) is 12.9. The summed E-state index contributed by atoms with van der Waals surface area (Å²) in [5, 5.41) is 11.9. The monoisotopic (exact) mass is 314 g/mol. The molecule has 1 heterocycles. The highest BCUT2D eigenvalue weighted by Crippen LogP contribution is 2.12. The van der Waals surface area contributed by atoms with Gasteiger partial charge < -0.3 is 14.8 Å².